The summed E-state index contributed by atoms with van der Waals surface area (Å²) in [5.74, 6) is -0.196. The van der Waals surface area contributed by atoms with Crippen molar-refractivity contribution >= 4 is 5.97 Å². The molecule has 1 aliphatic rings. The van der Waals surface area contributed by atoms with Crippen LogP contribution in [0.4, 0.5) is 0 Å². The molecular weight excluding hydrogens is 222 g/mol. The Bertz CT molecular complexity index is 255. The van der Waals surface area contributed by atoms with E-state index in [1.54, 1.807) is 0 Å². The number of carbonyl (C=O) groups is 1. The summed E-state index contributed by atoms with van der Waals surface area (Å²) in [6.45, 7) is 5.19. The number of esters is 1. The Hall–Kier alpha value is -0.650. The van der Waals surface area contributed by atoms with Gasteiger partial charge in [-0.15, -0.1) is 0 Å². The average Bonchev–Trinajstić information content (AvgIpc) is 3.16. The van der Waals surface area contributed by atoms with Crippen LogP contribution in [-0.2, 0) is 19.0 Å². The van der Waals surface area contributed by atoms with Gasteiger partial charge in [-0.25, -0.2) is 4.79 Å². The van der Waals surface area contributed by atoms with E-state index in [0.29, 0.717) is 13.2 Å². The molecule has 1 saturated carbocycles. The second-order valence-electron chi connectivity index (χ2n) is 4.59. The summed E-state index contributed by atoms with van der Waals surface area (Å²) >= 11 is 0. The van der Waals surface area contributed by atoms with Crippen LogP contribution in [0.2, 0.25) is 0 Å². The standard InChI is InChI=1S/C12H23NO4/c1-4-16-7-9(2)17-8-12(13,10-5-6-10)11(14)15-3/h9-10H,4-8,13H2,1-3H3. The smallest absolute Gasteiger partial charge is 0.328 e. The fourth-order valence-electron chi connectivity index (χ4n) is 1.74. The van der Waals surface area contributed by atoms with Crippen molar-refractivity contribution in [2.75, 3.05) is 26.9 Å². The first kappa shape index (κ1) is 14.4. The summed E-state index contributed by atoms with van der Waals surface area (Å²) in [7, 11) is 1.36. The fraction of sp³-hybridized carbons (Fsp3) is 0.917. The van der Waals surface area contributed by atoms with E-state index >= 15 is 0 Å². The lowest BCUT2D eigenvalue weighted by Crippen LogP contribution is -2.55. The van der Waals surface area contributed by atoms with Crippen LogP contribution >= 0.6 is 0 Å². The molecule has 1 fully saturated rings. The third kappa shape index (κ3) is 3.94. The van der Waals surface area contributed by atoms with Crippen LogP contribution in [0.5, 0.6) is 0 Å². The zero-order valence-electron chi connectivity index (χ0n) is 10.9. The Balaban J connectivity index is 2.42. The SMILES string of the molecule is CCOCC(C)OCC(N)(C(=O)OC)C1CC1. The van der Waals surface area contributed by atoms with E-state index in [1.165, 1.54) is 7.11 Å². The normalized spacial score (nSPS) is 20.7. The highest BCUT2D eigenvalue weighted by Crippen LogP contribution is 2.39. The zero-order valence-corrected chi connectivity index (χ0v) is 10.9. The third-order valence-corrected chi connectivity index (χ3v) is 3.03. The van der Waals surface area contributed by atoms with Crippen LogP contribution in [0.25, 0.3) is 0 Å². The van der Waals surface area contributed by atoms with Gasteiger partial charge in [-0.3, -0.25) is 0 Å². The van der Waals surface area contributed by atoms with Gasteiger partial charge in [0.2, 0.25) is 0 Å². The van der Waals surface area contributed by atoms with Crippen molar-refractivity contribution in [3.05, 3.63) is 0 Å². The van der Waals surface area contributed by atoms with Gasteiger partial charge in [0.25, 0.3) is 0 Å². The number of methoxy groups -OCH3 is 1. The molecule has 0 aromatic carbocycles. The lowest BCUT2D eigenvalue weighted by Gasteiger charge is -2.27. The first-order valence-electron chi connectivity index (χ1n) is 6.11. The summed E-state index contributed by atoms with van der Waals surface area (Å²) in [5, 5.41) is 0. The van der Waals surface area contributed by atoms with Gasteiger partial charge in [0.1, 0.15) is 5.54 Å². The number of hydrogen-bond acceptors (Lipinski definition) is 5. The predicted octanol–water partition coefficient (Wildman–Crippen LogP) is 0.709. The quantitative estimate of drug-likeness (QED) is 0.638. The van der Waals surface area contributed by atoms with Crippen LogP contribution in [0.1, 0.15) is 26.7 Å². The van der Waals surface area contributed by atoms with Crippen molar-refractivity contribution in [3.8, 4) is 0 Å². The first-order valence-corrected chi connectivity index (χ1v) is 6.11. The molecule has 0 bridgehead atoms. The van der Waals surface area contributed by atoms with Crippen LogP contribution in [-0.4, -0.2) is 44.5 Å². The number of ether oxygens (including phenoxy) is 3. The monoisotopic (exact) mass is 245 g/mol. The summed E-state index contributed by atoms with van der Waals surface area (Å²) in [5.41, 5.74) is 5.10. The van der Waals surface area contributed by atoms with Crippen molar-refractivity contribution in [2.45, 2.75) is 38.3 Å². The second-order valence-corrected chi connectivity index (χ2v) is 4.59. The molecule has 0 heterocycles. The molecular formula is C12H23NO4. The maximum atomic E-state index is 11.7. The van der Waals surface area contributed by atoms with Crippen molar-refractivity contribution in [1.82, 2.24) is 0 Å². The van der Waals surface area contributed by atoms with Crippen LogP contribution in [0.15, 0.2) is 0 Å². The van der Waals surface area contributed by atoms with E-state index in [2.05, 4.69) is 0 Å². The minimum atomic E-state index is -0.991. The van der Waals surface area contributed by atoms with E-state index in [0.717, 1.165) is 12.8 Å². The highest BCUT2D eigenvalue weighted by molar-refractivity contribution is 5.81. The average molecular weight is 245 g/mol. The van der Waals surface area contributed by atoms with Gasteiger partial charge in [0, 0.05) is 6.61 Å². The molecule has 0 aliphatic heterocycles. The molecule has 0 amide bonds. The minimum Gasteiger partial charge on any atom is -0.468 e. The third-order valence-electron chi connectivity index (χ3n) is 3.03. The molecule has 100 valence electrons. The maximum Gasteiger partial charge on any atom is 0.328 e. The molecule has 17 heavy (non-hydrogen) atoms. The Morgan fingerprint density at radius 2 is 2.18 bits per heavy atom. The Labute approximate surface area is 103 Å². The molecule has 2 unspecified atom stereocenters. The molecule has 0 radical (unpaired) electrons. The molecule has 0 aromatic rings. The van der Waals surface area contributed by atoms with Gasteiger partial charge in [0.15, 0.2) is 0 Å². The first-order chi connectivity index (χ1) is 8.04. The topological polar surface area (TPSA) is 70.8 Å². The summed E-state index contributed by atoms with van der Waals surface area (Å²) in [4.78, 5) is 11.7. The summed E-state index contributed by atoms with van der Waals surface area (Å²) in [6, 6.07) is 0. The highest BCUT2D eigenvalue weighted by atomic mass is 16.5. The van der Waals surface area contributed by atoms with Crippen molar-refractivity contribution < 1.29 is 19.0 Å². The number of carbonyl (C=O) groups excluding carboxylic acids is 1. The van der Waals surface area contributed by atoms with E-state index in [9.17, 15) is 4.79 Å². The second kappa shape index (κ2) is 6.33. The molecule has 5 nitrogen and oxygen atoms in total. The largest absolute Gasteiger partial charge is 0.468 e. The lowest BCUT2D eigenvalue weighted by molar-refractivity contribution is -0.152. The van der Waals surface area contributed by atoms with Crippen LogP contribution in [0.3, 0.4) is 0 Å². The van der Waals surface area contributed by atoms with Gasteiger partial charge < -0.3 is 19.9 Å². The van der Waals surface area contributed by atoms with Gasteiger partial charge >= 0.3 is 5.97 Å². The number of hydrogen-bond donors (Lipinski definition) is 1. The van der Waals surface area contributed by atoms with Crippen molar-refractivity contribution in [3.63, 3.8) is 0 Å². The fourth-order valence-corrected chi connectivity index (χ4v) is 1.74. The Morgan fingerprint density at radius 1 is 1.53 bits per heavy atom. The van der Waals surface area contributed by atoms with Crippen LogP contribution < -0.4 is 5.73 Å². The van der Waals surface area contributed by atoms with Crippen LogP contribution in [0, 0.1) is 5.92 Å². The van der Waals surface area contributed by atoms with Gasteiger partial charge in [0.05, 0.1) is 26.4 Å². The predicted molar refractivity (Wildman–Crippen MR) is 63.6 cm³/mol. The Morgan fingerprint density at radius 3 is 2.65 bits per heavy atom. The minimum absolute atomic E-state index is 0.0683. The van der Waals surface area contributed by atoms with E-state index < -0.39 is 5.54 Å². The molecule has 1 aliphatic carbocycles. The van der Waals surface area contributed by atoms with Gasteiger partial charge in [-0.2, -0.15) is 0 Å². The molecule has 5 heteroatoms. The molecule has 0 aromatic heterocycles. The summed E-state index contributed by atoms with van der Waals surface area (Å²) in [6.07, 6.45) is 1.87. The highest BCUT2D eigenvalue weighted by Gasteiger charge is 2.49. The summed E-state index contributed by atoms with van der Waals surface area (Å²) < 4.78 is 15.6. The molecule has 2 N–H and O–H groups in total. The molecule has 2 atom stereocenters. The van der Waals surface area contributed by atoms with E-state index in [4.69, 9.17) is 19.9 Å². The Kier molecular flexibility index (Phi) is 5.36. The number of rotatable bonds is 8. The lowest BCUT2D eigenvalue weighted by atomic mass is 9.96. The zero-order chi connectivity index (χ0) is 12.9. The molecule has 0 saturated heterocycles. The van der Waals surface area contributed by atoms with Crippen molar-refractivity contribution in [1.29, 1.82) is 0 Å². The number of nitrogens with two attached hydrogens (primary N) is 1. The van der Waals surface area contributed by atoms with Gasteiger partial charge in [-0.05, 0) is 32.6 Å². The maximum absolute atomic E-state index is 11.7. The molecule has 0 spiro atoms. The van der Waals surface area contributed by atoms with E-state index in [1.807, 2.05) is 13.8 Å². The van der Waals surface area contributed by atoms with E-state index in [-0.39, 0.29) is 24.6 Å². The van der Waals surface area contributed by atoms with Gasteiger partial charge in [-0.1, -0.05) is 0 Å². The molecule has 1 rings (SSSR count). The van der Waals surface area contributed by atoms with Crippen molar-refractivity contribution in [2.24, 2.45) is 11.7 Å².